The van der Waals surface area contributed by atoms with E-state index in [1.54, 1.807) is 0 Å². The van der Waals surface area contributed by atoms with Gasteiger partial charge in [-0.3, -0.25) is 4.79 Å². The fourth-order valence-electron chi connectivity index (χ4n) is 2.48. The Morgan fingerprint density at radius 1 is 1.12 bits per heavy atom. The van der Waals surface area contributed by atoms with Crippen LogP contribution in [0.4, 0.5) is 0 Å². The standard InChI is InChI=1S/C14H27NO2/c15-11-6-2-5-9-14(16)17-12-10-13-7-3-1-4-8-13/h13H,1-12,15H2. The number of rotatable bonds is 8. The fourth-order valence-corrected chi connectivity index (χ4v) is 2.48. The summed E-state index contributed by atoms with van der Waals surface area (Å²) < 4.78 is 5.25. The van der Waals surface area contributed by atoms with Crippen molar-refractivity contribution in [1.29, 1.82) is 0 Å². The molecule has 1 aliphatic rings. The van der Waals surface area contributed by atoms with E-state index in [1.165, 1.54) is 32.1 Å². The lowest BCUT2D eigenvalue weighted by Crippen LogP contribution is -2.12. The Kier molecular flexibility index (Phi) is 8.06. The van der Waals surface area contributed by atoms with Crippen molar-refractivity contribution in [2.75, 3.05) is 13.2 Å². The van der Waals surface area contributed by atoms with E-state index in [0.29, 0.717) is 13.0 Å². The van der Waals surface area contributed by atoms with Gasteiger partial charge in [0.05, 0.1) is 6.61 Å². The molecule has 0 bridgehead atoms. The zero-order chi connectivity index (χ0) is 12.3. The predicted octanol–water partition coefficient (Wildman–Crippen LogP) is 3.02. The maximum absolute atomic E-state index is 11.4. The lowest BCUT2D eigenvalue weighted by Gasteiger charge is -2.21. The second kappa shape index (κ2) is 9.46. The number of hydrogen-bond donors (Lipinski definition) is 1. The molecular weight excluding hydrogens is 214 g/mol. The Morgan fingerprint density at radius 2 is 1.88 bits per heavy atom. The summed E-state index contributed by atoms with van der Waals surface area (Å²) in [7, 11) is 0. The topological polar surface area (TPSA) is 52.3 Å². The Morgan fingerprint density at radius 3 is 2.59 bits per heavy atom. The van der Waals surface area contributed by atoms with E-state index in [9.17, 15) is 4.79 Å². The lowest BCUT2D eigenvalue weighted by molar-refractivity contribution is -0.144. The summed E-state index contributed by atoms with van der Waals surface area (Å²) in [6.07, 6.45) is 11.3. The molecule has 0 atom stereocenters. The summed E-state index contributed by atoms with van der Waals surface area (Å²) in [5, 5.41) is 0. The molecule has 100 valence electrons. The molecule has 0 aromatic rings. The van der Waals surface area contributed by atoms with Gasteiger partial charge in [0.1, 0.15) is 0 Å². The van der Waals surface area contributed by atoms with Gasteiger partial charge in [0.25, 0.3) is 0 Å². The SMILES string of the molecule is NCCCCCC(=O)OCCC1CCCCC1. The van der Waals surface area contributed by atoms with Crippen molar-refractivity contribution in [3.05, 3.63) is 0 Å². The number of carbonyl (C=O) groups is 1. The molecule has 3 heteroatoms. The molecule has 17 heavy (non-hydrogen) atoms. The van der Waals surface area contributed by atoms with Crippen molar-refractivity contribution >= 4 is 5.97 Å². The van der Waals surface area contributed by atoms with Crippen molar-refractivity contribution in [3.8, 4) is 0 Å². The van der Waals surface area contributed by atoms with Crippen molar-refractivity contribution in [1.82, 2.24) is 0 Å². The minimum atomic E-state index is -0.0298. The van der Waals surface area contributed by atoms with Crippen LogP contribution >= 0.6 is 0 Å². The first kappa shape index (κ1) is 14.5. The second-order valence-corrected chi connectivity index (χ2v) is 5.11. The van der Waals surface area contributed by atoms with Crippen LogP contribution in [0.1, 0.15) is 64.2 Å². The zero-order valence-electron chi connectivity index (χ0n) is 11.0. The molecule has 0 spiro atoms. The third-order valence-corrected chi connectivity index (χ3v) is 3.60. The van der Waals surface area contributed by atoms with Crippen LogP contribution in [0.2, 0.25) is 0 Å². The number of unbranched alkanes of at least 4 members (excludes halogenated alkanes) is 2. The maximum atomic E-state index is 11.4. The molecule has 1 saturated carbocycles. The molecule has 1 fully saturated rings. The zero-order valence-corrected chi connectivity index (χ0v) is 11.0. The Balaban J connectivity index is 1.92. The molecule has 1 aliphatic carbocycles. The highest BCUT2D eigenvalue weighted by Gasteiger charge is 2.13. The normalized spacial score (nSPS) is 17.0. The molecule has 0 aromatic carbocycles. The Labute approximate surface area is 105 Å². The molecular formula is C14H27NO2. The van der Waals surface area contributed by atoms with Gasteiger partial charge in [0.2, 0.25) is 0 Å². The summed E-state index contributed by atoms with van der Waals surface area (Å²) in [5.41, 5.74) is 5.39. The minimum Gasteiger partial charge on any atom is -0.466 e. The largest absolute Gasteiger partial charge is 0.466 e. The summed E-state index contributed by atoms with van der Waals surface area (Å²) in [5.74, 6) is 0.770. The van der Waals surface area contributed by atoms with Crippen LogP contribution in [0.3, 0.4) is 0 Å². The van der Waals surface area contributed by atoms with Crippen LogP contribution in [0, 0.1) is 5.92 Å². The average molecular weight is 241 g/mol. The van der Waals surface area contributed by atoms with E-state index in [4.69, 9.17) is 10.5 Å². The smallest absolute Gasteiger partial charge is 0.305 e. The van der Waals surface area contributed by atoms with Gasteiger partial charge in [-0.15, -0.1) is 0 Å². The van der Waals surface area contributed by atoms with E-state index >= 15 is 0 Å². The molecule has 0 aromatic heterocycles. The van der Waals surface area contributed by atoms with Gasteiger partial charge >= 0.3 is 5.97 Å². The second-order valence-electron chi connectivity index (χ2n) is 5.11. The quantitative estimate of drug-likeness (QED) is 0.525. The van der Waals surface area contributed by atoms with Gasteiger partial charge in [0.15, 0.2) is 0 Å². The molecule has 0 heterocycles. The molecule has 1 rings (SSSR count). The number of esters is 1. The molecule has 0 unspecified atom stereocenters. The van der Waals surface area contributed by atoms with Crippen LogP contribution in [0.15, 0.2) is 0 Å². The first-order chi connectivity index (χ1) is 8.33. The van der Waals surface area contributed by atoms with Crippen LogP contribution < -0.4 is 5.73 Å². The first-order valence-corrected chi connectivity index (χ1v) is 7.18. The van der Waals surface area contributed by atoms with Gasteiger partial charge in [0, 0.05) is 6.42 Å². The third-order valence-electron chi connectivity index (χ3n) is 3.60. The van der Waals surface area contributed by atoms with Crippen molar-refractivity contribution < 1.29 is 9.53 Å². The van der Waals surface area contributed by atoms with Crippen LogP contribution in [0.5, 0.6) is 0 Å². The van der Waals surface area contributed by atoms with Crippen molar-refractivity contribution in [2.24, 2.45) is 11.7 Å². The Hall–Kier alpha value is -0.570. The summed E-state index contributed by atoms with van der Waals surface area (Å²) in [6.45, 7) is 1.34. The highest BCUT2D eigenvalue weighted by Crippen LogP contribution is 2.26. The number of carbonyl (C=O) groups excluding carboxylic acids is 1. The molecule has 3 nitrogen and oxygen atoms in total. The number of ether oxygens (including phenoxy) is 1. The summed E-state index contributed by atoms with van der Waals surface area (Å²) in [6, 6.07) is 0. The average Bonchev–Trinajstić information content (AvgIpc) is 2.36. The van der Waals surface area contributed by atoms with Crippen LogP contribution in [0.25, 0.3) is 0 Å². The van der Waals surface area contributed by atoms with Gasteiger partial charge in [-0.05, 0) is 31.7 Å². The molecule has 0 saturated heterocycles. The first-order valence-electron chi connectivity index (χ1n) is 7.18. The monoisotopic (exact) mass is 241 g/mol. The maximum Gasteiger partial charge on any atom is 0.305 e. The highest BCUT2D eigenvalue weighted by molar-refractivity contribution is 5.69. The van der Waals surface area contributed by atoms with Crippen LogP contribution in [-0.4, -0.2) is 19.1 Å². The van der Waals surface area contributed by atoms with E-state index in [-0.39, 0.29) is 5.97 Å². The fraction of sp³-hybridized carbons (Fsp3) is 0.929. The van der Waals surface area contributed by atoms with Gasteiger partial charge in [-0.1, -0.05) is 38.5 Å². The number of nitrogens with two attached hydrogens (primary N) is 1. The van der Waals surface area contributed by atoms with Crippen molar-refractivity contribution in [2.45, 2.75) is 64.2 Å². The van der Waals surface area contributed by atoms with Gasteiger partial charge < -0.3 is 10.5 Å². The molecule has 2 N–H and O–H groups in total. The number of hydrogen-bond acceptors (Lipinski definition) is 3. The Bertz CT molecular complexity index is 200. The molecule has 0 aliphatic heterocycles. The van der Waals surface area contributed by atoms with E-state index in [0.717, 1.165) is 38.1 Å². The van der Waals surface area contributed by atoms with Crippen LogP contribution in [-0.2, 0) is 9.53 Å². The molecule has 0 radical (unpaired) electrons. The van der Waals surface area contributed by atoms with E-state index in [2.05, 4.69) is 0 Å². The summed E-state index contributed by atoms with van der Waals surface area (Å²) >= 11 is 0. The van der Waals surface area contributed by atoms with Gasteiger partial charge in [-0.25, -0.2) is 0 Å². The lowest BCUT2D eigenvalue weighted by atomic mass is 9.87. The highest BCUT2D eigenvalue weighted by atomic mass is 16.5. The minimum absolute atomic E-state index is 0.0298. The van der Waals surface area contributed by atoms with E-state index < -0.39 is 0 Å². The van der Waals surface area contributed by atoms with Gasteiger partial charge in [-0.2, -0.15) is 0 Å². The predicted molar refractivity (Wildman–Crippen MR) is 69.7 cm³/mol. The molecule has 0 amide bonds. The summed E-state index contributed by atoms with van der Waals surface area (Å²) in [4.78, 5) is 11.4. The van der Waals surface area contributed by atoms with E-state index in [1.807, 2.05) is 0 Å². The third kappa shape index (κ3) is 7.37. The van der Waals surface area contributed by atoms with Crippen molar-refractivity contribution in [3.63, 3.8) is 0 Å².